The first-order chi connectivity index (χ1) is 6.56. The monoisotopic (exact) mass is 200 g/mol. The highest BCUT2D eigenvalue weighted by atomic mass is 19.2. The van der Waals surface area contributed by atoms with E-state index in [1.807, 2.05) is 0 Å². The molecule has 0 amide bonds. The lowest BCUT2D eigenvalue weighted by molar-refractivity contribution is 0.0525. The molecule has 0 radical (unpaired) electrons. The number of esters is 1. The van der Waals surface area contributed by atoms with Crippen LogP contribution in [0.5, 0.6) is 0 Å². The fraction of sp³-hybridized carbons (Fsp3) is 0.300. The molecule has 0 aromatic heterocycles. The van der Waals surface area contributed by atoms with Crippen LogP contribution in [0.25, 0.3) is 0 Å². The van der Waals surface area contributed by atoms with Gasteiger partial charge in [0.2, 0.25) is 0 Å². The third-order valence-corrected chi connectivity index (χ3v) is 1.72. The van der Waals surface area contributed by atoms with E-state index in [2.05, 4.69) is 4.74 Å². The average molecular weight is 200 g/mol. The maximum atomic E-state index is 12.9. The van der Waals surface area contributed by atoms with Crippen molar-refractivity contribution < 1.29 is 18.3 Å². The van der Waals surface area contributed by atoms with Gasteiger partial charge in [-0.15, -0.1) is 0 Å². The summed E-state index contributed by atoms with van der Waals surface area (Å²) in [6, 6.07) is 2.09. The van der Waals surface area contributed by atoms with Crippen molar-refractivity contribution in [2.75, 3.05) is 6.61 Å². The Kier molecular flexibility index (Phi) is 3.17. The van der Waals surface area contributed by atoms with Gasteiger partial charge in [0.05, 0.1) is 12.2 Å². The van der Waals surface area contributed by atoms with E-state index >= 15 is 0 Å². The van der Waals surface area contributed by atoms with E-state index in [1.165, 1.54) is 13.0 Å². The van der Waals surface area contributed by atoms with Crippen molar-refractivity contribution in [1.29, 1.82) is 0 Å². The number of rotatable bonds is 2. The zero-order valence-electron chi connectivity index (χ0n) is 7.93. The second-order valence-electron chi connectivity index (χ2n) is 2.81. The quantitative estimate of drug-likeness (QED) is 0.685. The number of aryl methyl sites for hydroxylation is 1. The number of ether oxygens (including phenoxy) is 1. The summed E-state index contributed by atoms with van der Waals surface area (Å²) in [5.41, 5.74) is 0.122. The highest BCUT2D eigenvalue weighted by Crippen LogP contribution is 2.14. The van der Waals surface area contributed by atoms with Crippen molar-refractivity contribution in [3.8, 4) is 0 Å². The second kappa shape index (κ2) is 4.17. The molecule has 76 valence electrons. The number of carbonyl (C=O) groups excluding carboxylic acids is 1. The molecule has 0 bridgehead atoms. The summed E-state index contributed by atoms with van der Waals surface area (Å²) in [6.45, 7) is 3.24. The molecule has 0 atom stereocenters. The lowest BCUT2D eigenvalue weighted by atomic mass is 10.1. The number of benzene rings is 1. The lowest BCUT2D eigenvalue weighted by Gasteiger charge is -2.04. The van der Waals surface area contributed by atoms with Crippen molar-refractivity contribution in [1.82, 2.24) is 0 Å². The highest BCUT2D eigenvalue weighted by molar-refractivity contribution is 5.89. The van der Waals surface area contributed by atoms with E-state index in [4.69, 9.17) is 0 Å². The average Bonchev–Trinajstić information content (AvgIpc) is 2.13. The smallest absolute Gasteiger partial charge is 0.338 e. The van der Waals surface area contributed by atoms with Gasteiger partial charge in [-0.2, -0.15) is 0 Å². The number of hydrogen-bond donors (Lipinski definition) is 0. The van der Waals surface area contributed by atoms with Crippen LogP contribution in [0.4, 0.5) is 8.78 Å². The number of halogens is 2. The zero-order valence-corrected chi connectivity index (χ0v) is 7.93. The minimum Gasteiger partial charge on any atom is -0.462 e. The summed E-state index contributed by atoms with van der Waals surface area (Å²) in [7, 11) is 0. The Bertz CT molecular complexity index is 338. The van der Waals surface area contributed by atoms with Gasteiger partial charge in [-0.3, -0.25) is 0 Å². The Labute approximate surface area is 80.5 Å². The Hall–Kier alpha value is -1.45. The first kappa shape index (κ1) is 10.6. The molecular formula is C10H10F2O2. The highest BCUT2D eigenvalue weighted by Gasteiger charge is 2.12. The van der Waals surface area contributed by atoms with Crippen LogP contribution in [-0.4, -0.2) is 12.6 Å². The van der Waals surface area contributed by atoms with E-state index in [9.17, 15) is 13.6 Å². The number of hydrogen-bond acceptors (Lipinski definition) is 2. The lowest BCUT2D eigenvalue weighted by Crippen LogP contribution is -2.06. The van der Waals surface area contributed by atoms with E-state index in [1.54, 1.807) is 6.92 Å². The second-order valence-corrected chi connectivity index (χ2v) is 2.81. The van der Waals surface area contributed by atoms with Crippen LogP contribution in [0.3, 0.4) is 0 Å². The third kappa shape index (κ3) is 2.07. The van der Waals surface area contributed by atoms with Crippen LogP contribution in [0, 0.1) is 18.6 Å². The first-order valence-electron chi connectivity index (χ1n) is 4.19. The maximum Gasteiger partial charge on any atom is 0.338 e. The van der Waals surface area contributed by atoms with Crippen LogP contribution in [0.1, 0.15) is 22.8 Å². The van der Waals surface area contributed by atoms with Gasteiger partial charge in [-0.25, -0.2) is 13.6 Å². The topological polar surface area (TPSA) is 26.3 Å². The zero-order chi connectivity index (χ0) is 10.7. The molecule has 4 heteroatoms. The minimum absolute atomic E-state index is 0.0308. The van der Waals surface area contributed by atoms with E-state index in [0.717, 1.165) is 6.07 Å². The van der Waals surface area contributed by atoms with Crippen LogP contribution in [0.2, 0.25) is 0 Å². The van der Waals surface area contributed by atoms with Crippen molar-refractivity contribution in [3.05, 3.63) is 34.9 Å². The summed E-state index contributed by atoms with van der Waals surface area (Å²) in [6.07, 6.45) is 0. The van der Waals surface area contributed by atoms with Crippen LogP contribution in [-0.2, 0) is 4.74 Å². The molecule has 1 aromatic rings. The van der Waals surface area contributed by atoms with Crippen molar-refractivity contribution >= 4 is 5.97 Å². The van der Waals surface area contributed by atoms with Gasteiger partial charge < -0.3 is 4.74 Å². The Morgan fingerprint density at radius 2 is 2.07 bits per heavy atom. The maximum absolute atomic E-state index is 12.9. The molecule has 0 saturated carbocycles. The summed E-state index contributed by atoms with van der Waals surface area (Å²) in [5.74, 6) is -2.61. The molecule has 1 rings (SSSR count). The Morgan fingerprint density at radius 1 is 1.43 bits per heavy atom. The van der Waals surface area contributed by atoms with Crippen LogP contribution < -0.4 is 0 Å². The molecule has 0 N–H and O–H groups in total. The Balaban J connectivity index is 3.06. The molecular weight excluding hydrogens is 190 g/mol. The number of carbonyl (C=O) groups is 1. The fourth-order valence-electron chi connectivity index (χ4n) is 1.06. The molecule has 2 nitrogen and oxygen atoms in total. The van der Waals surface area contributed by atoms with Gasteiger partial charge in [0.1, 0.15) is 0 Å². The van der Waals surface area contributed by atoms with Crippen molar-refractivity contribution in [2.45, 2.75) is 13.8 Å². The van der Waals surface area contributed by atoms with Crippen molar-refractivity contribution in [2.24, 2.45) is 0 Å². The summed E-state index contributed by atoms with van der Waals surface area (Å²) >= 11 is 0. The van der Waals surface area contributed by atoms with Gasteiger partial charge in [0.25, 0.3) is 0 Å². The summed E-state index contributed by atoms with van der Waals surface area (Å²) < 4.78 is 30.3. The standard InChI is InChI=1S/C10H10F2O2/c1-3-14-10(13)7-4-6(2)9(12)8(11)5-7/h4-5H,3H2,1-2H3. The molecule has 0 fully saturated rings. The van der Waals surface area contributed by atoms with Gasteiger partial charge in [-0.1, -0.05) is 0 Å². The predicted octanol–water partition coefficient (Wildman–Crippen LogP) is 2.45. The third-order valence-electron chi connectivity index (χ3n) is 1.72. The van der Waals surface area contributed by atoms with Gasteiger partial charge >= 0.3 is 5.97 Å². The van der Waals surface area contributed by atoms with Crippen molar-refractivity contribution in [3.63, 3.8) is 0 Å². The normalized spacial score (nSPS) is 10.0. The van der Waals surface area contributed by atoms with E-state index in [-0.39, 0.29) is 17.7 Å². The molecule has 0 aliphatic heterocycles. The molecule has 0 aliphatic carbocycles. The molecule has 0 aliphatic rings. The summed E-state index contributed by atoms with van der Waals surface area (Å²) in [5, 5.41) is 0. The van der Waals surface area contributed by atoms with Gasteiger partial charge in [0, 0.05) is 0 Å². The van der Waals surface area contributed by atoms with Crippen LogP contribution >= 0.6 is 0 Å². The largest absolute Gasteiger partial charge is 0.462 e. The van der Waals surface area contributed by atoms with Crippen LogP contribution in [0.15, 0.2) is 12.1 Å². The fourth-order valence-corrected chi connectivity index (χ4v) is 1.06. The molecule has 1 aromatic carbocycles. The Morgan fingerprint density at radius 3 is 2.57 bits per heavy atom. The summed E-state index contributed by atoms with van der Waals surface area (Å²) in [4.78, 5) is 11.1. The molecule has 0 saturated heterocycles. The van der Waals surface area contributed by atoms with E-state index < -0.39 is 17.6 Å². The van der Waals surface area contributed by atoms with E-state index in [0.29, 0.717) is 0 Å². The molecule has 0 heterocycles. The molecule has 0 spiro atoms. The SMILES string of the molecule is CCOC(=O)c1cc(C)c(F)c(F)c1. The minimum atomic E-state index is -1.03. The molecule has 0 unspecified atom stereocenters. The van der Waals surface area contributed by atoms with Gasteiger partial charge in [-0.05, 0) is 31.5 Å². The first-order valence-corrected chi connectivity index (χ1v) is 4.19. The molecule has 14 heavy (non-hydrogen) atoms. The van der Waals surface area contributed by atoms with Gasteiger partial charge in [0.15, 0.2) is 11.6 Å². The predicted molar refractivity (Wildman–Crippen MR) is 47.1 cm³/mol.